The molecular formula is C26H24P2Pt. The molecule has 0 atom stereocenters. The maximum absolute atomic E-state index is 2.30. The monoisotopic (exact) mass is 593 g/mol. The Morgan fingerprint density at radius 1 is 0.345 bits per heavy atom. The predicted octanol–water partition coefficient (Wildman–Crippen LogP) is 5.25. The van der Waals surface area contributed by atoms with Crippen molar-refractivity contribution in [3.63, 3.8) is 0 Å². The first kappa shape index (κ1) is 22.1. The summed E-state index contributed by atoms with van der Waals surface area (Å²) in [6, 6.07) is 44.2. The number of benzene rings is 4. The predicted molar refractivity (Wildman–Crippen MR) is 128 cm³/mol. The van der Waals surface area contributed by atoms with Crippen LogP contribution in [0.4, 0.5) is 0 Å². The summed E-state index contributed by atoms with van der Waals surface area (Å²) in [6.07, 6.45) is 2.41. The van der Waals surface area contributed by atoms with E-state index in [1.54, 1.807) is 0 Å². The van der Waals surface area contributed by atoms with Gasteiger partial charge in [0, 0.05) is 21.1 Å². The Kier molecular flexibility index (Phi) is 8.83. The van der Waals surface area contributed by atoms with Gasteiger partial charge in [0.2, 0.25) is 0 Å². The van der Waals surface area contributed by atoms with Gasteiger partial charge in [-0.1, -0.05) is 121 Å². The largest absolute Gasteiger partial charge is 0.0622 e. The Hall–Kier alpha value is -1.57. The van der Waals surface area contributed by atoms with Crippen LogP contribution in [0.3, 0.4) is 0 Å². The van der Waals surface area contributed by atoms with Crippen molar-refractivity contribution in [1.29, 1.82) is 0 Å². The van der Waals surface area contributed by atoms with E-state index in [9.17, 15) is 0 Å². The van der Waals surface area contributed by atoms with Crippen LogP contribution in [-0.4, -0.2) is 12.3 Å². The molecule has 0 saturated carbocycles. The van der Waals surface area contributed by atoms with Gasteiger partial charge in [0.15, 0.2) is 0 Å². The molecule has 0 spiro atoms. The molecule has 0 aliphatic rings. The quantitative estimate of drug-likeness (QED) is 0.257. The summed E-state index contributed by atoms with van der Waals surface area (Å²) < 4.78 is 0. The zero-order chi connectivity index (χ0) is 19.0. The van der Waals surface area contributed by atoms with Gasteiger partial charge in [-0.25, -0.2) is 0 Å². The SMILES string of the molecule is [Pt].c1ccc(P(CCP(c2ccccc2)c2ccccc2)c2ccccc2)cc1. The van der Waals surface area contributed by atoms with Crippen LogP contribution in [0, 0.1) is 0 Å². The molecular weight excluding hydrogens is 569 g/mol. The molecule has 0 saturated heterocycles. The topological polar surface area (TPSA) is 0 Å². The smallest absolute Gasteiger partial charge is 0 e. The van der Waals surface area contributed by atoms with Crippen LogP contribution >= 0.6 is 15.8 Å². The molecule has 148 valence electrons. The first-order valence-electron chi connectivity index (χ1n) is 9.67. The van der Waals surface area contributed by atoms with Crippen LogP contribution < -0.4 is 21.2 Å². The molecule has 3 heteroatoms. The van der Waals surface area contributed by atoms with Crippen molar-refractivity contribution in [2.75, 3.05) is 12.3 Å². The molecule has 0 amide bonds. The molecule has 0 aromatic heterocycles. The second-order valence-electron chi connectivity index (χ2n) is 6.65. The van der Waals surface area contributed by atoms with Crippen LogP contribution in [0.25, 0.3) is 0 Å². The zero-order valence-electron chi connectivity index (χ0n) is 16.2. The first-order chi connectivity index (χ1) is 13.9. The minimum atomic E-state index is -0.348. The summed E-state index contributed by atoms with van der Waals surface area (Å²) in [5, 5.41) is 5.89. The number of hydrogen-bond donors (Lipinski definition) is 0. The molecule has 0 radical (unpaired) electrons. The van der Waals surface area contributed by atoms with Crippen molar-refractivity contribution in [2.45, 2.75) is 0 Å². The molecule has 4 aromatic carbocycles. The first-order valence-corrected chi connectivity index (χ1v) is 12.7. The summed E-state index contributed by atoms with van der Waals surface area (Å²) in [7, 11) is -0.696. The van der Waals surface area contributed by atoms with E-state index in [1.807, 2.05) is 0 Å². The minimum absolute atomic E-state index is 0. The van der Waals surface area contributed by atoms with Crippen LogP contribution in [0.5, 0.6) is 0 Å². The average molecular weight is 594 g/mol. The molecule has 0 heterocycles. The van der Waals surface area contributed by atoms with Gasteiger partial charge in [0.1, 0.15) is 0 Å². The summed E-state index contributed by atoms with van der Waals surface area (Å²) >= 11 is 0. The molecule has 0 aliphatic carbocycles. The third kappa shape index (κ3) is 5.96. The maximum atomic E-state index is 2.30. The fourth-order valence-electron chi connectivity index (χ4n) is 3.45. The van der Waals surface area contributed by atoms with Gasteiger partial charge in [-0.15, -0.1) is 0 Å². The van der Waals surface area contributed by atoms with Crippen LogP contribution in [0.2, 0.25) is 0 Å². The molecule has 0 nitrogen and oxygen atoms in total. The van der Waals surface area contributed by atoms with E-state index in [0.717, 1.165) is 0 Å². The second-order valence-corrected chi connectivity index (χ2v) is 11.3. The van der Waals surface area contributed by atoms with E-state index in [4.69, 9.17) is 0 Å². The third-order valence-electron chi connectivity index (χ3n) is 4.82. The normalized spacial score (nSPS) is 10.7. The van der Waals surface area contributed by atoms with E-state index in [2.05, 4.69) is 121 Å². The van der Waals surface area contributed by atoms with Gasteiger partial charge < -0.3 is 0 Å². The Bertz CT molecular complexity index is 798. The fourth-order valence-corrected chi connectivity index (χ4v) is 8.80. The van der Waals surface area contributed by atoms with Gasteiger partial charge in [-0.05, 0) is 49.4 Å². The molecule has 0 aliphatic heterocycles. The average Bonchev–Trinajstić information content (AvgIpc) is 2.79. The Labute approximate surface area is 191 Å². The summed E-state index contributed by atoms with van der Waals surface area (Å²) in [5.41, 5.74) is 0. The summed E-state index contributed by atoms with van der Waals surface area (Å²) in [5.74, 6) is 0. The Morgan fingerprint density at radius 3 is 0.759 bits per heavy atom. The van der Waals surface area contributed by atoms with Crippen LogP contribution in [0.1, 0.15) is 0 Å². The van der Waals surface area contributed by atoms with E-state index in [1.165, 1.54) is 33.5 Å². The van der Waals surface area contributed by atoms with Crippen molar-refractivity contribution in [3.05, 3.63) is 121 Å². The van der Waals surface area contributed by atoms with Crippen molar-refractivity contribution in [2.24, 2.45) is 0 Å². The number of rotatable bonds is 7. The molecule has 0 fully saturated rings. The summed E-state index contributed by atoms with van der Waals surface area (Å²) in [6.45, 7) is 0. The molecule has 29 heavy (non-hydrogen) atoms. The van der Waals surface area contributed by atoms with E-state index in [-0.39, 0.29) is 36.9 Å². The second kappa shape index (κ2) is 11.6. The maximum Gasteiger partial charge on any atom is 0 e. The van der Waals surface area contributed by atoms with E-state index in [0.29, 0.717) is 0 Å². The zero-order valence-corrected chi connectivity index (χ0v) is 20.2. The van der Waals surface area contributed by atoms with Crippen LogP contribution in [0.15, 0.2) is 121 Å². The standard InChI is InChI=1S/C26H24P2.Pt/c1-5-13-23(14-6-1)27(24-15-7-2-8-16-24)21-22-28(25-17-9-3-10-18-25)26-19-11-4-12-20-26;/h1-20H,21-22H2;. The fraction of sp³-hybridized carbons (Fsp3) is 0.0769. The van der Waals surface area contributed by atoms with Gasteiger partial charge >= 0.3 is 0 Å². The third-order valence-corrected chi connectivity index (χ3v) is 10.2. The Morgan fingerprint density at radius 2 is 0.552 bits per heavy atom. The molecule has 0 bridgehead atoms. The van der Waals surface area contributed by atoms with Gasteiger partial charge in [0.05, 0.1) is 0 Å². The molecule has 4 aromatic rings. The molecule has 4 rings (SSSR count). The van der Waals surface area contributed by atoms with E-state index >= 15 is 0 Å². The van der Waals surface area contributed by atoms with Crippen molar-refractivity contribution in [1.82, 2.24) is 0 Å². The van der Waals surface area contributed by atoms with E-state index < -0.39 is 0 Å². The molecule has 0 N–H and O–H groups in total. The minimum Gasteiger partial charge on any atom is -0.0622 e. The number of hydrogen-bond acceptors (Lipinski definition) is 0. The summed E-state index contributed by atoms with van der Waals surface area (Å²) in [4.78, 5) is 0. The van der Waals surface area contributed by atoms with Gasteiger partial charge in [-0.2, -0.15) is 0 Å². The van der Waals surface area contributed by atoms with Crippen molar-refractivity contribution < 1.29 is 21.1 Å². The van der Waals surface area contributed by atoms with Crippen molar-refractivity contribution >= 4 is 37.1 Å². The Balaban J connectivity index is 0.00000240. The van der Waals surface area contributed by atoms with Crippen LogP contribution in [-0.2, 0) is 21.1 Å². The van der Waals surface area contributed by atoms with Gasteiger partial charge in [0.25, 0.3) is 0 Å². The van der Waals surface area contributed by atoms with Gasteiger partial charge in [-0.3, -0.25) is 0 Å². The molecule has 0 unspecified atom stereocenters. The van der Waals surface area contributed by atoms with Crippen molar-refractivity contribution in [3.8, 4) is 0 Å².